The van der Waals surface area contributed by atoms with Crippen LogP contribution in [0.25, 0.3) is 0 Å². The maximum atomic E-state index is 12.8. The molecule has 0 radical (unpaired) electrons. The molecule has 0 saturated heterocycles. The van der Waals surface area contributed by atoms with Crippen molar-refractivity contribution in [1.82, 2.24) is 10.0 Å². The zero-order valence-corrected chi connectivity index (χ0v) is 19.7. The Kier molecular flexibility index (Phi) is 8.21. The number of hydrogen-bond acceptors (Lipinski definition) is 5. The molecule has 3 rings (SSSR count). The van der Waals surface area contributed by atoms with Crippen molar-refractivity contribution in [2.24, 2.45) is 4.99 Å². The summed E-state index contributed by atoms with van der Waals surface area (Å²) in [6.45, 7) is 3.98. The van der Waals surface area contributed by atoms with Crippen LogP contribution in [0.1, 0.15) is 56.2 Å². The van der Waals surface area contributed by atoms with E-state index < -0.39 is 16.1 Å². The number of aliphatic imine (C=N–C) groups is 1. The molecule has 1 aliphatic heterocycles. The summed E-state index contributed by atoms with van der Waals surface area (Å²) in [6, 6.07) is 13.2. The first-order valence-corrected chi connectivity index (χ1v) is 12.5. The predicted octanol–water partition coefficient (Wildman–Crippen LogP) is 3.45. The van der Waals surface area contributed by atoms with Crippen LogP contribution in [0.5, 0.6) is 0 Å². The van der Waals surface area contributed by atoms with Crippen LogP contribution in [0.4, 0.5) is 5.69 Å². The maximum Gasteiger partial charge on any atom is 0.262 e. The lowest BCUT2D eigenvalue weighted by Crippen LogP contribution is -2.31. The number of nitrogens with zero attached hydrogens (tertiary/aromatic N) is 1. The van der Waals surface area contributed by atoms with Crippen LogP contribution in [0, 0.1) is 6.92 Å². The molecule has 1 unspecified atom stereocenters. The van der Waals surface area contributed by atoms with Gasteiger partial charge in [0, 0.05) is 25.6 Å². The summed E-state index contributed by atoms with van der Waals surface area (Å²) in [6.07, 6.45) is 3.48. The van der Waals surface area contributed by atoms with Gasteiger partial charge in [-0.1, -0.05) is 42.3 Å². The minimum absolute atomic E-state index is 0.00861. The fourth-order valence-corrected chi connectivity index (χ4v) is 4.74. The molecule has 0 fully saturated rings. The van der Waals surface area contributed by atoms with Gasteiger partial charge in [0.1, 0.15) is 5.84 Å². The van der Waals surface area contributed by atoms with E-state index in [1.165, 1.54) is 19.1 Å². The van der Waals surface area contributed by atoms with Crippen molar-refractivity contribution in [3.05, 3.63) is 59.7 Å². The zero-order chi connectivity index (χ0) is 23.8. The molecule has 1 heterocycles. The van der Waals surface area contributed by atoms with Crippen LogP contribution < -0.4 is 15.4 Å². The number of amides is 2. The van der Waals surface area contributed by atoms with Crippen molar-refractivity contribution < 1.29 is 18.0 Å². The van der Waals surface area contributed by atoms with Crippen LogP contribution in [0.3, 0.4) is 0 Å². The highest BCUT2D eigenvalue weighted by Gasteiger charge is 2.20. The third-order valence-corrected chi connectivity index (χ3v) is 6.68. The van der Waals surface area contributed by atoms with E-state index in [9.17, 15) is 18.0 Å². The molecule has 2 amide bonds. The molecule has 1 aliphatic rings. The molecule has 0 aliphatic carbocycles. The average molecular weight is 471 g/mol. The van der Waals surface area contributed by atoms with Crippen LogP contribution >= 0.6 is 0 Å². The van der Waals surface area contributed by atoms with Crippen molar-refractivity contribution in [2.75, 3.05) is 11.9 Å². The first kappa shape index (κ1) is 24.4. The zero-order valence-electron chi connectivity index (χ0n) is 18.9. The number of nitrogens with one attached hydrogen (secondary N) is 3. The Labute approximate surface area is 194 Å². The van der Waals surface area contributed by atoms with E-state index in [4.69, 9.17) is 0 Å². The molecule has 2 aromatic carbocycles. The van der Waals surface area contributed by atoms with Crippen molar-refractivity contribution in [3.63, 3.8) is 0 Å². The van der Waals surface area contributed by atoms with Gasteiger partial charge in [0.2, 0.25) is 11.8 Å². The summed E-state index contributed by atoms with van der Waals surface area (Å²) in [4.78, 5) is 28.7. The molecule has 9 heteroatoms. The normalized spacial score (nSPS) is 15.0. The molecule has 0 saturated carbocycles. The van der Waals surface area contributed by atoms with Crippen LogP contribution in [0.15, 0.2) is 58.4 Å². The van der Waals surface area contributed by atoms with E-state index in [1.807, 2.05) is 31.2 Å². The molecule has 1 atom stereocenters. The van der Waals surface area contributed by atoms with Gasteiger partial charge in [0.15, 0.2) is 0 Å². The monoisotopic (exact) mass is 470 g/mol. The Bertz CT molecular complexity index is 1130. The van der Waals surface area contributed by atoms with Gasteiger partial charge in [0.25, 0.3) is 10.0 Å². The summed E-state index contributed by atoms with van der Waals surface area (Å²) in [7, 11) is -3.81. The molecule has 33 heavy (non-hydrogen) atoms. The van der Waals surface area contributed by atoms with E-state index in [0.717, 1.165) is 30.4 Å². The van der Waals surface area contributed by atoms with E-state index in [0.29, 0.717) is 24.5 Å². The molecule has 0 spiro atoms. The third kappa shape index (κ3) is 7.42. The van der Waals surface area contributed by atoms with E-state index in [-0.39, 0.29) is 23.1 Å². The Morgan fingerprint density at radius 3 is 2.55 bits per heavy atom. The quantitative estimate of drug-likeness (QED) is 0.574. The van der Waals surface area contributed by atoms with Crippen molar-refractivity contribution in [3.8, 4) is 0 Å². The molecule has 0 bridgehead atoms. The lowest BCUT2D eigenvalue weighted by molar-refractivity contribution is -0.120. The third-order valence-electron chi connectivity index (χ3n) is 5.30. The first-order valence-electron chi connectivity index (χ1n) is 11.0. The second-order valence-electron chi connectivity index (χ2n) is 8.19. The highest BCUT2D eigenvalue weighted by Crippen LogP contribution is 2.21. The Morgan fingerprint density at radius 1 is 1.06 bits per heavy atom. The Morgan fingerprint density at radius 2 is 1.82 bits per heavy atom. The van der Waals surface area contributed by atoms with E-state index in [1.54, 1.807) is 12.1 Å². The highest BCUT2D eigenvalue weighted by atomic mass is 32.2. The summed E-state index contributed by atoms with van der Waals surface area (Å²) in [5.41, 5.74) is 2.25. The van der Waals surface area contributed by atoms with Gasteiger partial charge < -0.3 is 10.6 Å². The lowest BCUT2D eigenvalue weighted by atomic mass is 10.0. The molecule has 8 nitrogen and oxygen atoms in total. The average Bonchev–Trinajstić information content (AvgIpc) is 3.02. The molecule has 3 N–H and O–H groups in total. The largest absolute Gasteiger partial charge is 0.349 e. The molecular weight excluding hydrogens is 440 g/mol. The summed E-state index contributed by atoms with van der Waals surface area (Å²) in [5, 5.41) is 5.54. The van der Waals surface area contributed by atoms with Gasteiger partial charge >= 0.3 is 0 Å². The number of carbonyl (C=O) groups excluding carboxylic acids is 2. The van der Waals surface area contributed by atoms with Crippen molar-refractivity contribution >= 4 is 33.4 Å². The number of benzene rings is 2. The first-order chi connectivity index (χ1) is 15.7. The number of hydrogen-bond donors (Lipinski definition) is 3. The Hall–Kier alpha value is -3.20. The summed E-state index contributed by atoms with van der Waals surface area (Å²) >= 11 is 0. The predicted molar refractivity (Wildman–Crippen MR) is 129 cm³/mol. The second kappa shape index (κ2) is 11.1. The van der Waals surface area contributed by atoms with Crippen LogP contribution in [-0.2, 0) is 19.6 Å². The van der Waals surface area contributed by atoms with Gasteiger partial charge in [-0.3, -0.25) is 19.3 Å². The topological polar surface area (TPSA) is 117 Å². The van der Waals surface area contributed by atoms with E-state index >= 15 is 0 Å². The van der Waals surface area contributed by atoms with Gasteiger partial charge in [-0.2, -0.15) is 0 Å². The molecule has 176 valence electrons. The van der Waals surface area contributed by atoms with Gasteiger partial charge in [-0.05, 0) is 43.5 Å². The van der Waals surface area contributed by atoms with E-state index in [2.05, 4.69) is 20.3 Å². The van der Waals surface area contributed by atoms with Gasteiger partial charge in [0.05, 0.1) is 17.4 Å². The fraction of sp³-hybridized carbons (Fsp3) is 0.375. The molecular formula is C24H30N4O4S. The number of anilines is 1. The highest BCUT2D eigenvalue weighted by molar-refractivity contribution is 7.90. The number of sulfonamides is 1. The number of carbonyl (C=O) groups is 2. The smallest absolute Gasteiger partial charge is 0.262 e. The van der Waals surface area contributed by atoms with Crippen molar-refractivity contribution in [1.29, 1.82) is 0 Å². The number of amidine groups is 1. The maximum absolute atomic E-state index is 12.8. The van der Waals surface area contributed by atoms with Gasteiger partial charge in [-0.25, -0.2) is 8.42 Å². The standard InChI is InChI=1S/C24H30N4O4S/c1-17-10-12-19(13-11-17)22(26-18(2)29)16-24(30)27-20-7-6-8-21(15-20)33(31,32)28-23-9-4-3-5-14-25-23/h6-8,10-13,15,22H,3-5,9,14,16H2,1-2H3,(H,25,28)(H,26,29)(H,27,30). The molecule has 2 aromatic rings. The fourth-order valence-electron chi connectivity index (χ4n) is 3.61. The number of aryl methyl sites for hydroxylation is 1. The van der Waals surface area contributed by atoms with Gasteiger partial charge in [-0.15, -0.1) is 0 Å². The second-order valence-corrected chi connectivity index (χ2v) is 9.87. The Balaban J connectivity index is 1.70. The summed E-state index contributed by atoms with van der Waals surface area (Å²) in [5.74, 6) is -0.114. The number of rotatable bonds is 7. The lowest BCUT2D eigenvalue weighted by Gasteiger charge is -2.18. The minimum atomic E-state index is -3.81. The SMILES string of the molecule is CC(=O)NC(CC(=O)Nc1cccc(S(=O)(=O)NC2=NCCCCC2)c1)c1ccc(C)cc1. The molecule has 0 aromatic heterocycles. The minimum Gasteiger partial charge on any atom is -0.349 e. The van der Waals surface area contributed by atoms with Crippen LogP contribution in [-0.4, -0.2) is 32.6 Å². The van der Waals surface area contributed by atoms with Crippen molar-refractivity contribution in [2.45, 2.75) is 56.9 Å². The summed E-state index contributed by atoms with van der Waals surface area (Å²) < 4.78 is 28.2. The van der Waals surface area contributed by atoms with Crippen LogP contribution in [0.2, 0.25) is 0 Å².